The molecule has 0 radical (unpaired) electrons. The first-order valence-electron chi connectivity index (χ1n) is 22.0. The van der Waals surface area contributed by atoms with E-state index in [1.165, 1.54) is 109 Å². The van der Waals surface area contributed by atoms with Gasteiger partial charge in [-0.05, 0) is 44.4 Å². The molecule has 0 aliphatic rings. The fraction of sp³-hybridized carbons (Fsp3) is 0.826. The maximum absolute atomic E-state index is 12.2. The van der Waals surface area contributed by atoms with Gasteiger partial charge in [-0.2, -0.15) is 0 Å². The SMILES string of the molecule is CC/C=C/CC(O)/C=C/C=C/CCCCCCCC(=O)O[C@@H](CO)COC(=O)CCCCCCCCCCCCCCCCCCCCC(C)CC. The number of hydrogen-bond donors (Lipinski definition) is 2. The molecule has 2 unspecified atom stereocenters. The zero-order valence-corrected chi connectivity index (χ0v) is 34.4. The number of unbranched alkanes of at least 4 members (excludes halogenated alkanes) is 22. The van der Waals surface area contributed by atoms with Gasteiger partial charge >= 0.3 is 11.9 Å². The van der Waals surface area contributed by atoms with Crippen molar-refractivity contribution in [2.24, 2.45) is 5.92 Å². The van der Waals surface area contributed by atoms with Gasteiger partial charge in [0.15, 0.2) is 6.10 Å². The molecule has 3 atom stereocenters. The summed E-state index contributed by atoms with van der Waals surface area (Å²) >= 11 is 0. The Balaban J connectivity index is 3.55. The molecule has 0 aromatic heterocycles. The first kappa shape index (κ1) is 50.1. The minimum atomic E-state index is -0.796. The van der Waals surface area contributed by atoms with E-state index in [4.69, 9.17) is 9.47 Å². The van der Waals surface area contributed by atoms with Crippen LogP contribution in [0.5, 0.6) is 0 Å². The fourth-order valence-electron chi connectivity index (χ4n) is 6.33. The molecular weight excluding hydrogens is 648 g/mol. The monoisotopic (exact) mass is 733 g/mol. The number of carbonyl (C=O) groups excluding carboxylic acids is 2. The second-order valence-corrected chi connectivity index (χ2v) is 15.2. The highest BCUT2D eigenvalue weighted by Crippen LogP contribution is 2.17. The lowest BCUT2D eigenvalue weighted by Crippen LogP contribution is -2.28. The van der Waals surface area contributed by atoms with Gasteiger partial charge in [-0.3, -0.25) is 9.59 Å². The molecule has 0 saturated heterocycles. The number of carbonyl (C=O) groups is 2. The van der Waals surface area contributed by atoms with Gasteiger partial charge in [0.2, 0.25) is 0 Å². The summed E-state index contributed by atoms with van der Waals surface area (Å²) in [5.41, 5.74) is 0. The van der Waals surface area contributed by atoms with E-state index in [2.05, 4.69) is 32.9 Å². The molecule has 0 amide bonds. The van der Waals surface area contributed by atoms with Crippen molar-refractivity contribution < 1.29 is 29.3 Å². The van der Waals surface area contributed by atoms with Gasteiger partial charge in [-0.15, -0.1) is 0 Å². The molecule has 0 bridgehead atoms. The Morgan fingerprint density at radius 1 is 0.596 bits per heavy atom. The van der Waals surface area contributed by atoms with Crippen LogP contribution in [0.15, 0.2) is 36.5 Å². The van der Waals surface area contributed by atoms with E-state index in [1.54, 1.807) is 0 Å². The van der Waals surface area contributed by atoms with Crippen LogP contribution in [0, 0.1) is 5.92 Å². The van der Waals surface area contributed by atoms with Crippen molar-refractivity contribution in [3.05, 3.63) is 36.5 Å². The summed E-state index contributed by atoms with van der Waals surface area (Å²) in [6, 6.07) is 0. The van der Waals surface area contributed by atoms with E-state index in [0.717, 1.165) is 70.1 Å². The van der Waals surface area contributed by atoms with E-state index < -0.39 is 12.2 Å². The standard InChI is InChI=1S/C46H84O6/c1-4-6-30-36-43(48)37-32-27-23-19-17-21-25-29-34-39-46(50)52-44(40-47)41-51-45(49)38-33-28-24-20-16-14-12-10-8-7-9-11-13-15-18-22-26-31-35-42(3)5-2/h6,23,27,30,32,37,42-44,47-48H,4-5,7-22,24-26,28-29,31,33-36,38-41H2,1-3H3/b27-23+,30-6+,37-32+/t42?,43?,44-/m0/s1. The van der Waals surface area contributed by atoms with Gasteiger partial charge in [-0.1, -0.05) is 198 Å². The van der Waals surface area contributed by atoms with Gasteiger partial charge in [0.05, 0.1) is 12.7 Å². The lowest BCUT2D eigenvalue weighted by Gasteiger charge is -2.15. The van der Waals surface area contributed by atoms with E-state index in [-0.39, 0.29) is 25.2 Å². The smallest absolute Gasteiger partial charge is 0.306 e. The predicted molar refractivity (Wildman–Crippen MR) is 220 cm³/mol. The van der Waals surface area contributed by atoms with Gasteiger partial charge in [0.1, 0.15) is 6.61 Å². The molecule has 0 rings (SSSR count). The molecule has 0 fully saturated rings. The molecule has 52 heavy (non-hydrogen) atoms. The van der Waals surface area contributed by atoms with E-state index >= 15 is 0 Å². The Morgan fingerprint density at radius 3 is 1.58 bits per heavy atom. The zero-order valence-electron chi connectivity index (χ0n) is 34.4. The summed E-state index contributed by atoms with van der Waals surface area (Å²) in [6.07, 6.45) is 45.4. The number of aliphatic hydroxyl groups excluding tert-OH is 2. The highest BCUT2D eigenvalue weighted by Gasteiger charge is 2.16. The van der Waals surface area contributed by atoms with Crippen LogP contribution in [0.3, 0.4) is 0 Å². The first-order valence-corrected chi connectivity index (χ1v) is 22.0. The summed E-state index contributed by atoms with van der Waals surface area (Å²) in [5.74, 6) is 0.273. The van der Waals surface area contributed by atoms with E-state index in [9.17, 15) is 19.8 Å². The van der Waals surface area contributed by atoms with Gasteiger partial charge in [-0.25, -0.2) is 0 Å². The Bertz CT molecular complexity index is 865. The number of aliphatic hydroxyl groups is 2. The van der Waals surface area contributed by atoms with Gasteiger partial charge in [0, 0.05) is 12.8 Å². The average molecular weight is 733 g/mol. The Morgan fingerprint density at radius 2 is 1.08 bits per heavy atom. The second kappa shape index (κ2) is 40.3. The molecule has 0 aliphatic carbocycles. The maximum Gasteiger partial charge on any atom is 0.306 e. The Labute approximate surface area is 321 Å². The van der Waals surface area contributed by atoms with Gasteiger partial charge in [0.25, 0.3) is 0 Å². The molecule has 0 heterocycles. The van der Waals surface area contributed by atoms with Gasteiger partial charge < -0.3 is 19.7 Å². The highest BCUT2D eigenvalue weighted by molar-refractivity contribution is 5.70. The average Bonchev–Trinajstić information content (AvgIpc) is 3.14. The summed E-state index contributed by atoms with van der Waals surface area (Å²) < 4.78 is 10.6. The maximum atomic E-state index is 12.2. The van der Waals surface area contributed by atoms with Crippen LogP contribution in [-0.4, -0.2) is 47.6 Å². The Hall–Kier alpha value is -1.92. The fourth-order valence-corrected chi connectivity index (χ4v) is 6.33. The second-order valence-electron chi connectivity index (χ2n) is 15.2. The van der Waals surface area contributed by atoms with Crippen LogP contribution in [0.1, 0.15) is 213 Å². The van der Waals surface area contributed by atoms with Crippen LogP contribution in [0.4, 0.5) is 0 Å². The molecule has 0 aromatic rings. The van der Waals surface area contributed by atoms with Crippen LogP contribution in [-0.2, 0) is 19.1 Å². The minimum absolute atomic E-state index is 0.0859. The lowest BCUT2D eigenvalue weighted by molar-refractivity contribution is -0.161. The van der Waals surface area contributed by atoms with Crippen molar-refractivity contribution in [3.8, 4) is 0 Å². The minimum Gasteiger partial charge on any atom is -0.462 e. The molecule has 0 aliphatic heterocycles. The zero-order chi connectivity index (χ0) is 38.2. The molecule has 6 heteroatoms. The number of esters is 2. The molecular formula is C46H84O6. The van der Waals surface area contributed by atoms with Crippen LogP contribution in [0.25, 0.3) is 0 Å². The summed E-state index contributed by atoms with van der Waals surface area (Å²) in [7, 11) is 0. The van der Waals surface area contributed by atoms with Crippen LogP contribution >= 0.6 is 0 Å². The number of allylic oxidation sites excluding steroid dienone is 4. The largest absolute Gasteiger partial charge is 0.462 e. The molecule has 0 saturated carbocycles. The normalized spacial score (nSPS) is 13.7. The van der Waals surface area contributed by atoms with Crippen molar-refractivity contribution in [2.75, 3.05) is 13.2 Å². The van der Waals surface area contributed by atoms with E-state index in [0.29, 0.717) is 19.3 Å². The van der Waals surface area contributed by atoms with Crippen LogP contribution in [0.2, 0.25) is 0 Å². The van der Waals surface area contributed by atoms with Crippen molar-refractivity contribution in [1.29, 1.82) is 0 Å². The number of ether oxygens (including phenoxy) is 2. The molecule has 0 aromatic carbocycles. The van der Waals surface area contributed by atoms with Crippen molar-refractivity contribution in [2.45, 2.75) is 226 Å². The molecule has 2 N–H and O–H groups in total. The van der Waals surface area contributed by atoms with Crippen molar-refractivity contribution in [1.82, 2.24) is 0 Å². The van der Waals surface area contributed by atoms with Crippen LogP contribution < -0.4 is 0 Å². The van der Waals surface area contributed by atoms with Crippen molar-refractivity contribution >= 4 is 11.9 Å². The third kappa shape index (κ3) is 37.8. The number of rotatable bonds is 39. The topological polar surface area (TPSA) is 93.1 Å². The van der Waals surface area contributed by atoms with E-state index in [1.807, 2.05) is 24.3 Å². The molecule has 304 valence electrons. The quantitative estimate of drug-likeness (QED) is 0.0283. The predicted octanol–water partition coefficient (Wildman–Crippen LogP) is 12.8. The first-order chi connectivity index (χ1) is 25.4. The molecule has 0 spiro atoms. The summed E-state index contributed by atoms with van der Waals surface area (Å²) in [6.45, 7) is 6.32. The summed E-state index contributed by atoms with van der Waals surface area (Å²) in [4.78, 5) is 24.3. The van der Waals surface area contributed by atoms with Crippen molar-refractivity contribution in [3.63, 3.8) is 0 Å². The third-order valence-electron chi connectivity index (χ3n) is 10.1. The Kier molecular flexibility index (Phi) is 38.8. The number of hydrogen-bond acceptors (Lipinski definition) is 6. The highest BCUT2D eigenvalue weighted by atomic mass is 16.6. The third-order valence-corrected chi connectivity index (χ3v) is 10.1. The lowest BCUT2D eigenvalue weighted by atomic mass is 9.99. The molecule has 6 nitrogen and oxygen atoms in total. The summed E-state index contributed by atoms with van der Waals surface area (Å²) in [5, 5.41) is 19.4.